The Balaban J connectivity index is 1.58. The fourth-order valence-electron chi connectivity index (χ4n) is 7.34. The van der Waals surface area contributed by atoms with Gasteiger partial charge in [0.2, 0.25) is 0 Å². The molecule has 0 amide bonds. The summed E-state index contributed by atoms with van der Waals surface area (Å²) in [5.41, 5.74) is 14.1. The fraction of sp³-hybridized carbons (Fsp3) is 0.114. The second-order valence-electron chi connectivity index (χ2n) is 13.6. The van der Waals surface area contributed by atoms with Gasteiger partial charge in [-0.05, 0) is 80.6 Å². The van der Waals surface area contributed by atoms with Crippen molar-refractivity contribution < 1.29 is 13.1 Å². The van der Waals surface area contributed by atoms with E-state index in [0.29, 0.717) is 22.8 Å². The van der Waals surface area contributed by atoms with Gasteiger partial charge in [-0.15, -0.1) is 0 Å². The molecular formula is C44H37BF2N2. The predicted octanol–water partition coefficient (Wildman–Crippen LogP) is 11.0. The van der Waals surface area contributed by atoms with Gasteiger partial charge >= 0.3 is 6.97 Å². The van der Waals surface area contributed by atoms with Gasteiger partial charge in [0.25, 0.3) is 0 Å². The lowest BCUT2D eigenvalue weighted by molar-refractivity contribution is -0.359. The maximum absolute atomic E-state index is 18.2. The van der Waals surface area contributed by atoms with Crippen molar-refractivity contribution in [1.29, 1.82) is 0 Å². The van der Waals surface area contributed by atoms with E-state index in [-0.39, 0.29) is 0 Å². The van der Waals surface area contributed by atoms with E-state index in [1.807, 2.05) is 101 Å². The summed E-state index contributed by atoms with van der Waals surface area (Å²) in [5, 5.41) is 0. The van der Waals surface area contributed by atoms with Crippen molar-refractivity contribution in [3.05, 3.63) is 189 Å². The molecule has 0 atom stereocenters. The third-order valence-corrected chi connectivity index (χ3v) is 10.0. The number of allylic oxidation sites excluding steroid dienone is 2. The largest absolute Gasteiger partial charge is 0.737 e. The highest BCUT2D eigenvalue weighted by molar-refractivity contribution is 6.59. The molecule has 1 aromatic heterocycles. The first kappa shape index (κ1) is 30.8. The minimum absolute atomic E-state index is 0.493. The number of aromatic nitrogens is 1. The summed E-state index contributed by atoms with van der Waals surface area (Å²) in [5.74, 6) is 0. The van der Waals surface area contributed by atoms with E-state index < -0.39 is 6.97 Å². The number of fused-ring (bicyclic) bond motifs is 2. The maximum Gasteiger partial charge on any atom is 0.737 e. The van der Waals surface area contributed by atoms with E-state index in [4.69, 9.17) is 0 Å². The van der Waals surface area contributed by atoms with Gasteiger partial charge in [-0.3, -0.25) is 0 Å². The topological polar surface area (TPSA) is 7.94 Å². The summed E-state index contributed by atoms with van der Waals surface area (Å²) in [6.07, 6.45) is 1.97. The molecule has 0 unspecified atom stereocenters. The molecule has 0 N–H and O–H groups in total. The Morgan fingerprint density at radius 3 is 1.57 bits per heavy atom. The summed E-state index contributed by atoms with van der Waals surface area (Å²) in [7, 11) is 0. The SMILES string of the molecule is Cc1ccc(C2=CC(c3ccc(C)cc3)=[N+]3C2=C(c2ccccc2C)c2c(-c4ccc(C)cc4)cc(-c4ccc(C)cc4)n2[B-]3(F)F)cc1. The van der Waals surface area contributed by atoms with Gasteiger partial charge in [0, 0.05) is 28.6 Å². The molecule has 0 radical (unpaired) electrons. The number of benzene rings is 5. The van der Waals surface area contributed by atoms with Crippen molar-refractivity contribution in [2.75, 3.05) is 0 Å². The van der Waals surface area contributed by atoms with Crippen LogP contribution >= 0.6 is 0 Å². The summed E-state index contributed by atoms with van der Waals surface area (Å²) >= 11 is 0. The lowest BCUT2D eigenvalue weighted by Gasteiger charge is -2.35. The molecule has 0 spiro atoms. The van der Waals surface area contributed by atoms with Gasteiger partial charge in [-0.25, -0.2) is 0 Å². The molecule has 5 aromatic carbocycles. The first-order valence-electron chi connectivity index (χ1n) is 16.9. The molecule has 49 heavy (non-hydrogen) atoms. The highest BCUT2D eigenvalue weighted by Gasteiger charge is 2.57. The molecule has 6 aromatic rings. The van der Waals surface area contributed by atoms with E-state index >= 15 is 8.63 Å². The number of rotatable bonds is 5. The maximum atomic E-state index is 18.2. The van der Waals surface area contributed by atoms with Crippen molar-refractivity contribution in [2.45, 2.75) is 34.6 Å². The number of halogens is 2. The fourth-order valence-corrected chi connectivity index (χ4v) is 7.34. The van der Waals surface area contributed by atoms with Crippen LogP contribution in [0.3, 0.4) is 0 Å². The van der Waals surface area contributed by atoms with Gasteiger partial charge < -0.3 is 17.6 Å². The predicted molar refractivity (Wildman–Crippen MR) is 200 cm³/mol. The zero-order valence-electron chi connectivity index (χ0n) is 28.4. The highest BCUT2D eigenvalue weighted by atomic mass is 19.2. The molecule has 240 valence electrons. The van der Waals surface area contributed by atoms with Crippen molar-refractivity contribution in [3.8, 4) is 22.4 Å². The first-order chi connectivity index (χ1) is 23.6. The summed E-state index contributed by atoms with van der Waals surface area (Å²) in [6, 6.07) is 42.4. The monoisotopic (exact) mass is 642 g/mol. The van der Waals surface area contributed by atoms with Crippen molar-refractivity contribution >= 4 is 23.8 Å². The van der Waals surface area contributed by atoms with E-state index in [9.17, 15) is 0 Å². The smallest absolute Gasteiger partial charge is 0.389 e. The van der Waals surface area contributed by atoms with Crippen LogP contribution < -0.4 is 0 Å². The lowest BCUT2D eigenvalue weighted by Crippen LogP contribution is -2.51. The van der Waals surface area contributed by atoms with Crippen LogP contribution in [-0.4, -0.2) is 21.6 Å². The molecule has 0 saturated carbocycles. The lowest BCUT2D eigenvalue weighted by atomic mass is 9.81. The zero-order valence-corrected chi connectivity index (χ0v) is 28.4. The normalized spacial score (nSPS) is 15.0. The van der Waals surface area contributed by atoms with Crippen molar-refractivity contribution in [1.82, 2.24) is 4.48 Å². The Bertz CT molecular complexity index is 2350. The molecule has 2 aliphatic rings. The van der Waals surface area contributed by atoms with Crippen molar-refractivity contribution in [3.63, 3.8) is 0 Å². The van der Waals surface area contributed by atoms with Crippen LogP contribution in [0.25, 0.3) is 33.5 Å². The Labute approximate surface area is 287 Å². The molecule has 0 bridgehead atoms. The summed E-state index contributed by atoms with van der Waals surface area (Å²) in [6.45, 7) is 5.80. The summed E-state index contributed by atoms with van der Waals surface area (Å²) in [4.78, 5) is 0. The van der Waals surface area contributed by atoms with Crippen molar-refractivity contribution in [2.24, 2.45) is 0 Å². The Hall–Kier alpha value is -5.55. The minimum Gasteiger partial charge on any atom is -0.389 e. The quantitative estimate of drug-likeness (QED) is 0.165. The molecule has 3 heterocycles. The standard InChI is InChI=1S/C44H37BF2N2/c1-28-10-18-33(19-11-28)38-26-40(35-22-14-30(3)15-23-35)48-43(38)42(37-9-7-6-8-32(37)5)44-39(34-20-12-29(2)13-21-34)27-41(49(44)45(48,46)47)36-24-16-31(4)17-25-36/h6-27H,1-5H3. The molecule has 0 saturated heterocycles. The third kappa shape index (κ3) is 5.04. The van der Waals surface area contributed by atoms with Crippen LogP contribution in [0.2, 0.25) is 0 Å². The molecule has 0 fully saturated rings. The van der Waals surface area contributed by atoms with Crippen LogP contribution in [0.1, 0.15) is 50.2 Å². The third-order valence-electron chi connectivity index (χ3n) is 10.0. The van der Waals surface area contributed by atoms with Crippen LogP contribution in [-0.2, 0) is 0 Å². The van der Waals surface area contributed by atoms with E-state index in [1.165, 1.54) is 8.96 Å². The first-order valence-corrected chi connectivity index (χ1v) is 16.9. The average molecular weight is 643 g/mol. The van der Waals surface area contributed by atoms with Gasteiger partial charge in [-0.1, -0.05) is 131 Å². The number of hydrogen-bond acceptors (Lipinski definition) is 0. The van der Waals surface area contributed by atoms with Crippen LogP contribution in [0.5, 0.6) is 0 Å². The zero-order chi connectivity index (χ0) is 34.0. The molecular weight excluding hydrogens is 605 g/mol. The Morgan fingerprint density at radius 1 is 0.531 bits per heavy atom. The number of nitrogens with zero attached hydrogens (tertiary/aromatic N) is 2. The minimum atomic E-state index is -4.40. The molecule has 2 aliphatic heterocycles. The van der Waals surface area contributed by atoms with Gasteiger partial charge in [0.1, 0.15) is 0 Å². The van der Waals surface area contributed by atoms with E-state index in [1.54, 1.807) is 0 Å². The van der Waals surface area contributed by atoms with Gasteiger partial charge in [-0.2, -0.15) is 0 Å². The second kappa shape index (κ2) is 11.6. The van der Waals surface area contributed by atoms with E-state index in [0.717, 1.165) is 72.3 Å². The van der Waals surface area contributed by atoms with Crippen LogP contribution in [0, 0.1) is 34.6 Å². The van der Waals surface area contributed by atoms with Gasteiger partial charge in [0.15, 0.2) is 11.4 Å². The number of hydrogen-bond donors (Lipinski definition) is 0. The second-order valence-corrected chi connectivity index (χ2v) is 13.6. The molecule has 2 nitrogen and oxygen atoms in total. The highest BCUT2D eigenvalue weighted by Crippen LogP contribution is 2.51. The van der Waals surface area contributed by atoms with Crippen LogP contribution in [0.15, 0.2) is 139 Å². The number of aryl methyl sites for hydroxylation is 5. The Morgan fingerprint density at radius 2 is 1.02 bits per heavy atom. The molecule has 0 aliphatic carbocycles. The molecule has 8 rings (SSSR count). The summed E-state index contributed by atoms with van der Waals surface area (Å²) < 4.78 is 39.1. The Kier molecular flexibility index (Phi) is 7.26. The van der Waals surface area contributed by atoms with Crippen LogP contribution in [0.4, 0.5) is 8.63 Å². The average Bonchev–Trinajstić information content (AvgIpc) is 3.69. The van der Waals surface area contributed by atoms with E-state index in [2.05, 4.69) is 67.6 Å². The van der Waals surface area contributed by atoms with Gasteiger partial charge in [0.05, 0.1) is 11.1 Å². The molecule has 5 heteroatoms.